The van der Waals surface area contributed by atoms with Crippen molar-refractivity contribution in [3.8, 4) is 11.5 Å². The first-order valence-corrected chi connectivity index (χ1v) is 7.17. The summed E-state index contributed by atoms with van der Waals surface area (Å²) in [4.78, 5) is 16.1. The molecule has 1 unspecified atom stereocenters. The maximum atomic E-state index is 11.7. The molecular formula is C14H18N2O4S. The molecule has 2 N–H and O–H groups in total. The third kappa shape index (κ3) is 3.24. The minimum absolute atomic E-state index is 0.0528. The predicted octanol–water partition coefficient (Wildman–Crippen LogP) is 2.24. The van der Waals surface area contributed by atoms with Crippen LogP contribution in [0.15, 0.2) is 23.2 Å². The minimum Gasteiger partial charge on any atom is -0.506 e. The second-order valence-electron chi connectivity index (χ2n) is 5.07. The maximum Gasteiger partial charge on any atom is 0.332 e. The van der Waals surface area contributed by atoms with Crippen LogP contribution in [0.5, 0.6) is 11.5 Å². The molecule has 21 heavy (non-hydrogen) atoms. The van der Waals surface area contributed by atoms with Crippen molar-refractivity contribution < 1.29 is 19.4 Å². The van der Waals surface area contributed by atoms with Crippen molar-refractivity contribution >= 4 is 28.6 Å². The number of nitrogens with one attached hydrogen (secondary N) is 1. The number of phenols is 1. The summed E-state index contributed by atoms with van der Waals surface area (Å²) in [6, 6.07) is 4.35. The van der Waals surface area contributed by atoms with Gasteiger partial charge < -0.3 is 19.9 Å². The summed E-state index contributed by atoms with van der Waals surface area (Å²) >= 11 is 1.43. The van der Waals surface area contributed by atoms with E-state index in [2.05, 4.69) is 10.3 Å². The lowest BCUT2D eigenvalue weighted by atomic mass is 10.0. The van der Waals surface area contributed by atoms with Crippen LogP contribution in [-0.2, 0) is 9.53 Å². The first kappa shape index (κ1) is 15.5. The Bertz CT molecular complexity index is 586. The third-order valence-corrected chi connectivity index (χ3v) is 4.29. The zero-order valence-electron chi connectivity index (χ0n) is 12.3. The Morgan fingerprint density at radius 1 is 1.43 bits per heavy atom. The number of hydrogen-bond acceptors (Lipinski definition) is 7. The molecule has 1 atom stereocenters. The molecule has 0 saturated carbocycles. The molecule has 0 radical (unpaired) electrons. The summed E-state index contributed by atoms with van der Waals surface area (Å²) in [6.45, 7) is 3.84. The number of rotatable bonds is 3. The van der Waals surface area contributed by atoms with E-state index >= 15 is 0 Å². The van der Waals surface area contributed by atoms with E-state index in [1.54, 1.807) is 12.1 Å². The second kappa shape index (κ2) is 5.85. The Labute approximate surface area is 127 Å². The van der Waals surface area contributed by atoms with Gasteiger partial charge in [-0.3, -0.25) is 0 Å². The fourth-order valence-corrected chi connectivity index (χ4v) is 3.05. The molecule has 0 saturated heterocycles. The zero-order chi connectivity index (χ0) is 15.6. The SMILES string of the molecule is COC(=O)C1N=C(Nc2ccc(OC)cc2O)SC1(C)C. The Kier molecular flexibility index (Phi) is 4.32. The average Bonchev–Trinajstić information content (AvgIpc) is 2.74. The number of benzene rings is 1. The molecule has 0 amide bonds. The van der Waals surface area contributed by atoms with Gasteiger partial charge in [-0.25, -0.2) is 9.79 Å². The largest absolute Gasteiger partial charge is 0.506 e. The first-order chi connectivity index (χ1) is 9.87. The number of carbonyl (C=O) groups is 1. The van der Waals surface area contributed by atoms with Crippen LogP contribution in [0, 0.1) is 0 Å². The Hall–Kier alpha value is -1.89. The quantitative estimate of drug-likeness (QED) is 0.658. The number of thioether (sulfide) groups is 1. The fraction of sp³-hybridized carbons (Fsp3) is 0.429. The summed E-state index contributed by atoms with van der Waals surface area (Å²) in [5.74, 6) is 0.243. The number of aliphatic imine (C=N–C) groups is 1. The van der Waals surface area contributed by atoms with Crippen molar-refractivity contribution in [1.29, 1.82) is 0 Å². The van der Waals surface area contributed by atoms with Crippen LogP contribution in [0.3, 0.4) is 0 Å². The fourth-order valence-electron chi connectivity index (χ4n) is 1.97. The number of phenolic OH excluding ortho intramolecular Hbond substituents is 1. The molecule has 2 rings (SSSR count). The van der Waals surface area contributed by atoms with E-state index in [-0.39, 0.29) is 11.7 Å². The highest BCUT2D eigenvalue weighted by atomic mass is 32.2. The summed E-state index contributed by atoms with van der Waals surface area (Å²) in [6.07, 6.45) is 0. The number of methoxy groups -OCH3 is 2. The van der Waals surface area contributed by atoms with Gasteiger partial charge in [0.1, 0.15) is 11.5 Å². The summed E-state index contributed by atoms with van der Waals surface area (Å²) < 4.78 is 9.40. The summed E-state index contributed by atoms with van der Waals surface area (Å²) in [7, 11) is 2.88. The molecule has 1 aromatic rings. The van der Waals surface area contributed by atoms with Crippen LogP contribution >= 0.6 is 11.8 Å². The number of nitrogens with zero attached hydrogens (tertiary/aromatic N) is 1. The number of aromatic hydroxyl groups is 1. The van der Waals surface area contributed by atoms with Gasteiger partial charge in [-0.2, -0.15) is 0 Å². The van der Waals surface area contributed by atoms with Crippen molar-refractivity contribution in [3.63, 3.8) is 0 Å². The molecule has 0 bridgehead atoms. The van der Waals surface area contributed by atoms with Gasteiger partial charge in [-0.1, -0.05) is 11.8 Å². The van der Waals surface area contributed by atoms with E-state index in [0.717, 1.165) is 0 Å². The van der Waals surface area contributed by atoms with Gasteiger partial charge in [-0.15, -0.1) is 0 Å². The molecule has 0 aliphatic carbocycles. The summed E-state index contributed by atoms with van der Waals surface area (Å²) in [5.41, 5.74) is 0.503. The van der Waals surface area contributed by atoms with Crippen molar-refractivity contribution in [2.24, 2.45) is 4.99 Å². The molecule has 7 heteroatoms. The molecule has 6 nitrogen and oxygen atoms in total. The van der Waals surface area contributed by atoms with Gasteiger partial charge in [0.25, 0.3) is 0 Å². The number of anilines is 1. The Morgan fingerprint density at radius 2 is 2.14 bits per heavy atom. The lowest BCUT2D eigenvalue weighted by Crippen LogP contribution is -2.35. The van der Waals surface area contributed by atoms with Gasteiger partial charge in [0.2, 0.25) is 0 Å². The maximum absolute atomic E-state index is 11.7. The highest BCUT2D eigenvalue weighted by Gasteiger charge is 2.43. The van der Waals surface area contributed by atoms with Crippen molar-refractivity contribution in [2.75, 3.05) is 19.5 Å². The third-order valence-electron chi connectivity index (χ3n) is 3.14. The van der Waals surface area contributed by atoms with Crippen LogP contribution in [0.1, 0.15) is 13.8 Å². The Morgan fingerprint density at radius 3 is 2.71 bits per heavy atom. The molecule has 0 spiro atoms. The molecule has 1 heterocycles. The number of hydrogen-bond donors (Lipinski definition) is 2. The van der Waals surface area contributed by atoms with Crippen LogP contribution in [0.4, 0.5) is 5.69 Å². The summed E-state index contributed by atoms with van der Waals surface area (Å²) in [5, 5.41) is 13.5. The molecule has 0 aromatic heterocycles. The van der Waals surface area contributed by atoms with Gasteiger partial charge >= 0.3 is 5.97 Å². The van der Waals surface area contributed by atoms with Gasteiger partial charge in [0.05, 0.1) is 24.7 Å². The van der Waals surface area contributed by atoms with Crippen molar-refractivity contribution in [3.05, 3.63) is 18.2 Å². The second-order valence-corrected chi connectivity index (χ2v) is 6.72. The molecule has 114 valence electrons. The van der Waals surface area contributed by atoms with Crippen LogP contribution in [0.25, 0.3) is 0 Å². The van der Waals surface area contributed by atoms with Gasteiger partial charge in [0, 0.05) is 6.07 Å². The van der Waals surface area contributed by atoms with E-state index in [4.69, 9.17) is 9.47 Å². The number of esters is 1. The highest BCUT2D eigenvalue weighted by Crippen LogP contribution is 2.39. The van der Waals surface area contributed by atoms with Crippen LogP contribution in [-0.4, -0.2) is 41.3 Å². The van der Waals surface area contributed by atoms with E-state index in [1.165, 1.54) is 32.0 Å². The predicted molar refractivity (Wildman–Crippen MR) is 83.2 cm³/mol. The first-order valence-electron chi connectivity index (χ1n) is 6.36. The molecule has 1 aliphatic rings. The van der Waals surface area contributed by atoms with Crippen molar-refractivity contribution in [2.45, 2.75) is 24.6 Å². The minimum atomic E-state index is -0.574. The normalized spacial score (nSPS) is 19.8. The molecule has 0 fully saturated rings. The van der Waals surface area contributed by atoms with Gasteiger partial charge in [0.15, 0.2) is 11.2 Å². The van der Waals surface area contributed by atoms with Gasteiger partial charge in [-0.05, 0) is 26.0 Å². The standard InChI is InChI=1S/C14H18N2O4S/c1-14(2)11(12(18)20-4)16-13(21-14)15-9-6-5-8(19-3)7-10(9)17/h5-7,11,17H,1-4H3,(H,15,16). The van der Waals surface area contributed by atoms with E-state index in [9.17, 15) is 9.90 Å². The van der Waals surface area contributed by atoms with Crippen LogP contribution in [0.2, 0.25) is 0 Å². The topological polar surface area (TPSA) is 80.2 Å². The number of amidine groups is 1. The molecule has 1 aromatic carbocycles. The monoisotopic (exact) mass is 310 g/mol. The lowest BCUT2D eigenvalue weighted by molar-refractivity contribution is -0.142. The smallest absolute Gasteiger partial charge is 0.332 e. The molecular weight excluding hydrogens is 292 g/mol. The number of carbonyl (C=O) groups excluding carboxylic acids is 1. The zero-order valence-corrected chi connectivity index (χ0v) is 13.2. The average molecular weight is 310 g/mol. The number of ether oxygens (including phenoxy) is 2. The van der Waals surface area contributed by atoms with Crippen LogP contribution < -0.4 is 10.1 Å². The van der Waals surface area contributed by atoms with Crippen molar-refractivity contribution in [1.82, 2.24) is 0 Å². The molecule has 1 aliphatic heterocycles. The van der Waals surface area contributed by atoms with E-state index < -0.39 is 10.8 Å². The van der Waals surface area contributed by atoms with E-state index in [0.29, 0.717) is 16.6 Å². The lowest BCUT2D eigenvalue weighted by Gasteiger charge is -2.21. The highest BCUT2D eigenvalue weighted by molar-refractivity contribution is 8.15. The van der Waals surface area contributed by atoms with E-state index in [1.807, 2.05) is 13.8 Å². The Balaban J connectivity index is 2.19.